The van der Waals surface area contributed by atoms with Crippen molar-refractivity contribution in [1.29, 1.82) is 0 Å². The van der Waals surface area contributed by atoms with Crippen molar-refractivity contribution in [3.63, 3.8) is 0 Å². The summed E-state index contributed by atoms with van der Waals surface area (Å²) < 4.78 is 5.31. The van der Waals surface area contributed by atoms with Gasteiger partial charge in [0.05, 0.1) is 5.37 Å². The molecule has 2 saturated heterocycles. The fourth-order valence-electron chi connectivity index (χ4n) is 2.11. The first-order chi connectivity index (χ1) is 7.61. The Hall–Kier alpha value is -0.750. The summed E-state index contributed by atoms with van der Waals surface area (Å²) in [6, 6.07) is -0.698. The van der Waals surface area contributed by atoms with Gasteiger partial charge in [0.2, 0.25) is 0 Å². The number of carboxylic acids is 1. The lowest BCUT2D eigenvalue weighted by atomic mass is 10.2. The van der Waals surface area contributed by atoms with Crippen molar-refractivity contribution in [2.24, 2.45) is 0 Å². The van der Waals surface area contributed by atoms with Crippen LogP contribution in [0.25, 0.3) is 0 Å². The molecule has 0 aromatic carbocycles. The van der Waals surface area contributed by atoms with Crippen LogP contribution in [-0.2, 0) is 14.3 Å². The molecule has 2 rings (SSSR count). The second-order valence-electron chi connectivity index (χ2n) is 4.03. The summed E-state index contributed by atoms with van der Waals surface area (Å²) in [5.41, 5.74) is 0. The quantitative estimate of drug-likeness (QED) is 0.769. The molecule has 2 aliphatic heterocycles. The lowest BCUT2D eigenvalue weighted by Gasteiger charge is -2.27. The van der Waals surface area contributed by atoms with Gasteiger partial charge in [-0.3, -0.25) is 4.79 Å². The second kappa shape index (κ2) is 4.63. The molecule has 2 aliphatic rings. The van der Waals surface area contributed by atoms with Crippen molar-refractivity contribution < 1.29 is 19.4 Å². The highest BCUT2D eigenvalue weighted by atomic mass is 32.2. The van der Waals surface area contributed by atoms with E-state index < -0.39 is 18.1 Å². The standard InChI is InChI=1S/C10H15NO4S/c1-6-11(7(5-16-6)10(13)14)9(12)8-3-2-4-15-8/h6-8H,2-5H2,1H3,(H,13,14). The Kier molecular flexibility index (Phi) is 3.39. The van der Waals surface area contributed by atoms with Gasteiger partial charge in [-0.15, -0.1) is 11.8 Å². The van der Waals surface area contributed by atoms with Crippen molar-refractivity contribution in [2.45, 2.75) is 37.3 Å². The number of hydrogen-bond acceptors (Lipinski definition) is 4. The molecule has 0 spiro atoms. The molecule has 1 N–H and O–H groups in total. The van der Waals surface area contributed by atoms with Gasteiger partial charge in [-0.05, 0) is 19.8 Å². The Balaban J connectivity index is 2.10. The van der Waals surface area contributed by atoms with E-state index in [1.54, 1.807) is 0 Å². The largest absolute Gasteiger partial charge is 0.480 e. The number of hydrogen-bond donors (Lipinski definition) is 1. The van der Waals surface area contributed by atoms with Crippen LogP contribution in [0.4, 0.5) is 0 Å². The first-order valence-corrected chi connectivity index (χ1v) is 6.44. The van der Waals surface area contributed by atoms with E-state index in [1.165, 1.54) is 16.7 Å². The molecule has 5 nitrogen and oxygen atoms in total. The summed E-state index contributed by atoms with van der Waals surface area (Å²) in [6.45, 7) is 2.46. The van der Waals surface area contributed by atoms with E-state index in [0.29, 0.717) is 18.8 Å². The van der Waals surface area contributed by atoms with E-state index in [0.717, 1.165) is 6.42 Å². The van der Waals surface area contributed by atoms with Crippen molar-refractivity contribution in [2.75, 3.05) is 12.4 Å². The van der Waals surface area contributed by atoms with Crippen LogP contribution in [0.15, 0.2) is 0 Å². The van der Waals surface area contributed by atoms with E-state index in [9.17, 15) is 9.59 Å². The van der Waals surface area contributed by atoms with Gasteiger partial charge < -0.3 is 14.7 Å². The summed E-state index contributed by atoms with van der Waals surface area (Å²) in [5.74, 6) is -0.625. The number of thioether (sulfide) groups is 1. The Morgan fingerprint density at radius 2 is 2.25 bits per heavy atom. The second-order valence-corrected chi connectivity index (χ2v) is 5.38. The summed E-state index contributed by atoms with van der Waals surface area (Å²) in [5, 5.41) is 8.97. The van der Waals surface area contributed by atoms with Gasteiger partial charge in [0.15, 0.2) is 0 Å². The normalized spacial score (nSPS) is 34.3. The van der Waals surface area contributed by atoms with E-state index in [4.69, 9.17) is 9.84 Å². The summed E-state index contributed by atoms with van der Waals surface area (Å²) in [4.78, 5) is 24.6. The van der Waals surface area contributed by atoms with E-state index in [-0.39, 0.29) is 11.3 Å². The van der Waals surface area contributed by atoms with E-state index in [1.807, 2.05) is 6.92 Å². The molecule has 0 bridgehead atoms. The van der Waals surface area contributed by atoms with Crippen molar-refractivity contribution in [1.82, 2.24) is 4.90 Å². The first kappa shape index (κ1) is 11.7. The minimum atomic E-state index is -0.928. The number of rotatable bonds is 2. The molecular weight excluding hydrogens is 230 g/mol. The molecule has 2 fully saturated rings. The molecule has 0 aromatic heterocycles. The smallest absolute Gasteiger partial charge is 0.327 e. The maximum atomic E-state index is 12.1. The van der Waals surface area contributed by atoms with Gasteiger partial charge in [-0.2, -0.15) is 0 Å². The van der Waals surface area contributed by atoms with Gasteiger partial charge in [0, 0.05) is 12.4 Å². The highest BCUT2D eigenvalue weighted by Crippen LogP contribution is 2.31. The average molecular weight is 245 g/mol. The Morgan fingerprint density at radius 3 is 2.81 bits per heavy atom. The Bertz CT molecular complexity index is 303. The molecule has 90 valence electrons. The predicted molar refractivity (Wildman–Crippen MR) is 59.2 cm³/mol. The number of aliphatic carboxylic acids is 1. The van der Waals surface area contributed by atoms with Crippen LogP contribution >= 0.6 is 11.8 Å². The molecule has 0 saturated carbocycles. The fraction of sp³-hybridized carbons (Fsp3) is 0.800. The van der Waals surface area contributed by atoms with Gasteiger partial charge in [0.25, 0.3) is 5.91 Å². The molecule has 2 heterocycles. The van der Waals surface area contributed by atoms with E-state index in [2.05, 4.69) is 0 Å². The third-order valence-electron chi connectivity index (χ3n) is 2.97. The van der Waals surface area contributed by atoms with Crippen LogP contribution in [0, 0.1) is 0 Å². The monoisotopic (exact) mass is 245 g/mol. The number of carboxylic acid groups (broad SMARTS) is 1. The first-order valence-electron chi connectivity index (χ1n) is 5.39. The Labute approximate surface area is 98.1 Å². The number of amides is 1. The zero-order valence-corrected chi connectivity index (χ0v) is 9.90. The topological polar surface area (TPSA) is 66.8 Å². The maximum Gasteiger partial charge on any atom is 0.327 e. The number of ether oxygens (including phenoxy) is 1. The molecule has 0 radical (unpaired) electrons. The average Bonchev–Trinajstić information content (AvgIpc) is 2.84. The number of carbonyl (C=O) groups is 2. The summed E-state index contributed by atoms with van der Waals surface area (Å²) in [6.07, 6.45) is 1.16. The van der Waals surface area contributed by atoms with Crippen LogP contribution in [0.3, 0.4) is 0 Å². The molecule has 6 heteroatoms. The molecule has 16 heavy (non-hydrogen) atoms. The number of nitrogens with zero attached hydrogens (tertiary/aromatic N) is 1. The molecule has 3 unspecified atom stereocenters. The zero-order valence-electron chi connectivity index (χ0n) is 9.09. The fourth-order valence-corrected chi connectivity index (χ4v) is 3.28. The molecule has 0 aliphatic carbocycles. The van der Waals surface area contributed by atoms with Gasteiger partial charge in [-0.25, -0.2) is 4.79 Å². The highest BCUT2D eigenvalue weighted by Gasteiger charge is 2.42. The lowest BCUT2D eigenvalue weighted by Crippen LogP contribution is -2.48. The molecule has 0 aromatic rings. The van der Waals surface area contributed by atoms with Crippen LogP contribution < -0.4 is 0 Å². The van der Waals surface area contributed by atoms with Crippen molar-refractivity contribution in [3.05, 3.63) is 0 Å². The molecule has 1 amide bonds. The van der Waals surface area contributed by atoms with Crippen LogP contribution in [-0.4, -0.2) is 51.8 Å². The molecular formula is C10H15NO4S. The lowest BCUT2D eigenvalue weighted by molar-refractivity contribution is -0.153. The SMILES string of the molecule is CC1SCC(C(=O)O)N1C(=O)C1CCCO1. The third kappa shape index (κ3) is 2.04. The third-order valence-corrected chi connectivity index (χ3v) is 4.19. The zero-order chi connectivity index (χ0) is 11.7. The minimum absolute atomic E-state index is 0.0715. The van der Waals surface area contributed by atoms with Gasteiger partial charge in [0.1, 0.15) is 12.1 Å². The van der Waals surface area contributed by atoms with Gasteiger partial charge >= 0.3 is 5.97 Å². The number of carbonyl (C=O) groups excluding carboxylic acids is 1. The van der Waals surface area contributed by atoms with Crippen LogP contribution in [0.1, 0.15) is 19.8 Å². The van der Waals surface area contributed by atoms with Crippen LogP contribution in [0.5, 0.6) is 0 Å². The predicted octanol–water partition coefficient (Wildman–Crippen LogP) is 0.540. The maximum absolute atomic E-state index is 12.1. The highest BCUT2D eigenvalue weighted by molar-refractivity contribution is 8.00. The summed E-state index contributed by atoms with van der Waals surface area (Å²) in [7, 11) is 0. The molecule has 3 atom stereocenters. The van der Waals surface area contributed by atoms with E-state index >= 15 is 0 Å². The van der Waals surface area contributed by atoms with Crippen molar-refractivity contribution >= 4 is 23.6 Å². The summed E-state index contributed by atoms with van der Waals surface area (Å²) >= 11 is 1.50. The minimum Gasteiger partial charge on any atom is -0.480 e. The van der Waals surface area contributed by atoms with Gasteiger partial charge in [-0.1, -0.05) is 0 Å². The Morgan fingerprint density at radius 1 is 1.50 bits per heavy atom. The van der Waals surface area contributed by atoms with Crippen LogP contribution in [0.2, 0.25) is 0 Å². The van der Waals surface area contributed by atoms with Crippen molar-refractivity contribution in [3.8, 4) is 0 Å².